The largest absolute Gasteiger partial charge is 0.494 e. The second kappa shape index (κ2) is 29.8. The SMILES string of the molecule is CCc1c2c(nc3ccc(OC(=O)c4ccc(CN(CCCCOc5cc(CN(Cc6ccccn6)Cc6ccccn6)cc(CN(Cc6ccccn6)Cc6ccccn6)c5)C(=O)c5ccccc5Cc5ccccc5)cc4)cc13)-c1cc3c(c(=O)n1C2)COC(=O)C3(O)CC. The topological polar surface area (TPSA) is 195 Å². The number of aliphatic hydroxyl groups is 1. The molecule has 2 aliphatic rings. The Morgan fingerprint density at radius 2 is 1.19 bits per heavy atom. The molecule has 0 spiro atoms. The summed E-state index contributed by atoms with van der Waals surface area (Å²) in [6.07, 6.45) is 9.84. The maximum atomic E-state index is 15.1. The zero-order valence-corrected chi connectivity index (χ0v) is 54.4. The van der Waals surface area contributed by atoms with E-state index in [-0.39, 0.29) is 48.7 Å². The van der Waals surface area contributed by atoms with E-state index >= 15 is 4.79 Å². The quantitative estimate of drug-likeness (QED) is 0.0290. The van der Waals surface area contributed by atoms with Crippen LogP contribution in [0.25, 0.3) is 22.3 Å². The Hall–Kier alpha value is -10.9. The number of pyridine rings is 6. The lowest BCUT2D eigenvalue weighted by Gasteiger charge is -2.31. The summed E-state index contributed by atoms with van der Waals surface area (Å²) in [6.45, 7) is 8.52. The maximum absolute atomic E-state index is 15.1. The van der Waals surface area contributed by atoms with Gasteiger partial charge < -0.3 is 28.8 Å². The summed E-state index contributed by atoms with van der Waals surface area (Å²) in [5.41, 5.74) is 11.6. The standard InChI is InChI=1S/C80H75N9O8/c1-3-67-69-44-65(32-33-73(69)85-75-70(67)53-89-74(75)45-72-71(77(89)91)54-96-79(93)80(72,94)4-2)97-78(92)59-30-28-56(29-31-59)48-88(76(90)68-27-9-8-22-60(68)41-55-20-6-5-7-21-55)38-18-19-39-95-66-42-57(46-86(49-61-23-10-14-34-81-61)50-62-24-11-15-35-82-62)40-58(43-66)47-87(51-63-25-12-16-36-83-63)52-64-26-13-17-37-84-64/h5-17,20-37,40,42-45,94H,3-4,18-19,38-39,41,46-54H2,1-2H3. The fraction of sp³-hybridized carbons (Fsp3) is 0.237. The summed E-state index contributed by atoms with van der Waals surface area (Å²) in [5.74, 6) is -0.349. The van der Waals surface area contributed by atoms with Gasteiger partial charge in [-0.15, -0.1) is 0 Å². The zero-order valence-electron chi connectivity index (χ0n) is 54.4. The molecule has 0 radical (unpaired) electrons. The molecule has 2 aliphatic heterocycles. The predicted octanol–water partition coefficient (Wildman–Crippen LogP) is 12.9. The first-order valence-electron chi connectivity index (χ1n) is 33.1. The molecule has 0 saturated heterocycles. The van der Waals surface area contributed by atoms with E-state index in [0.29, 0.717) is 112 Å². The summed E-state index contributed by atoms with van der Waals surface area (Å²) in [4.78, 5) is 86.2. The third kappa shape index (κ3) is 15.1. The van der Waals surface area contributed by atoms with Crippen LogP contribution in [0.3, 0.4) is 0 Å². The molecule has 11 aromatic rings. The molecule has 0 fully saturated rings. The van der Waals surface area contributed by atoms with Crippen molar-refractivity contribution in [2.45, 2.75) is 111 Å². The Balaban J connectivity index is 0.725. The van der Waals surface area contributed by atoms with E-state index in [2.05, 4.69) is 40.1 Å². The molecule has 13 rings (SSSR count). The highest BCUT2D eigenvalue weighted by atomic mass is 16.6. The average molecular weight is 1290 g/mol. The summed E-state index contributed by atoms with van der Waals surface area (Å²) < 4.78 is 19.7. The monoisotopic (exact) mass is 1290 g/mol. The number of aromatic nitrogens is 6. The lowest BCUT2D eigenvalue weighted by atomic mass is 9.86. The van der Waals surface area contributed by atoms with E-state index in [1.807, 2.05) is 164 Å². The number of ether oxygens (including phenoxy) is 3. The average Bonchev–Trinajstić information content (AvgIpc) is 1.62. The van der Waals surface area contributed by atoms with E-state index < -0.39 is 17.5 Å². The van der Waals surface area contributed by atoms with Crippen molar-refractivity contribution in [2.24, 2.45) is 0 Å². The number of nitrogens with zero attached hydrogens (tertiary/aromatic N) is 9. The highest BCUT2D eigenvalue weighted by molar-refractivity contribution is 5.96. The van der Waals surface area contributed by atoms with Crippen LogP contribution >= 0.6 is 0 Å². The second-order valence-corrected chi connectivity index (χ2v) is 24.8. The number of rotatable bonds is 27. The van der Waals surface area contributed by atoms with Gasteiger partial charge in [-0.2, -0.15) is 0 Å². The van der Waals surface area contributed by atoms with Gasteiger partial charge in [0.1, 0.15) is 18.1 Å². The van der Waals surface area contributed by atoms with Crippen LogP contribution in [-0.2, 0) is 86.9 Å². The highest BCUT2D eigenvalue weighted by Crippen LogP contribution is 2.41. The molecule has 1 N–H and O–H groups in total. The number of amides is 1. The van der Waals surface area contributed by atoms with Gasteiger partial charge in [0.2, 0.25) is 0 Å². The molecule has 8 heterocycles. The number of fused-ring (bicyclic) bond motifs is 5. The van der Waals surface area contributed by atoms with E-state index in [1.54, 1.807) is 47.9 Å². The maximum Gasteiger partial charge on any atom is 0.343 e. The van der Waals surface area contributed by atoms with E-state index in [0.717, 1.165) is 72.9 Å². The molecule has 17 heteroatoms. The van der Waals surface area contributed by atoms with Gasteiger partial charge in [0.25, 0.3) is 11.5 Å². The Kier molecular flexibility index (Phi) is 19.9. The van der Waals surface area contributed by atoms with Gasteiger partial charge in [0, 0.05) is 99.2 Å². The first-order valence-corrected chi connectivity index (χ1v) is 33.1. The Morgan fingerprint density at radius 3 is 1.77 bits per heavy atom. The smallest absolute Gasteiger partial charge is 0.343 e. The van der Waals surface area contributed by atoms with Crippen LogP contribution in [0.5, 0.6) is 11.5 Å². The van der Waals surface area contributed by atoms with Crippen LogP contribution in [-0.4, -0.2) is 80.3 Å². The summed E-state index contributed by atoms with van der Waals surface area (Å²) >= 11 is 0. The molecule has 0 aliphatic carbocycles. The van der Waals surface area contributed by atoms with Crippen LogP contribution in [0.15, 0.2) is 224 Å². The Morgan fingerprint density at radius 1 is 0.588 bits per heavy atom. The molecule has 5 aromatic carbocycles. The molecule has 17 nitrogen and oxygen atoms in total. The summed E-state index contributed by atoms with van der Waals surface area (Å²) in [6, 6.07) is 62.7. The number of hydrogen-bond donors (Lipinski definition) is 1. The van der Waals surface area contributed by atoms with E-state index in [1.165, 1.54) is 0 Å². The number of aryl methyl sites for hydroxylation is 1. The number of carbonyl (C=O) groups is 3. The third-order valence-corrected chi connectivity index (χ3v) is 18.1. The molecule has 97 heavy (non-hydrogen) atoms. The van der Waals surface area contributed by atoms with Crippen molar-refractivity contribution in [3.63, 3.8) is 0 Å². The zero-order chi connectivity index (χ0) is 66.7. The summed E-state index contributed by atoms with van der Waals surface area (Å²) in [7, 11) is 0. The van der Waals surface area contributed by atoms with E-state index in [9.17, 15) is 19.5 Å². The molecular formula is C80H75N9O8. The Bertz CT molecular complexity index is 4470. The van der Waals surface area contributed by atoms with Crippen molar-refractivity contribution < 1.29 is 33.7 Å². The fourth-order valence-electron chi connectivity index (χ4n) is 13.2. The number of cyclic esters (lactones) is 1. The molecular weight excluding hydrogens is 1210 g/mol. The minimum Gasteiger partial charge on any atom is -0.494 e. The van der Waals surface area contributed by atoms with Crippen LogP contribution in [0.4, 0.5) is 0 Å². The lowest BCUT2D eigenvalue weighted by molar-refractivity contribution is -0.172. The molecule has 0 saturated carbocycles. The number of carbonyl (C=O) groups excluding carboxylic acids is 3. The van der Waals surface area contributed by atoms with Gasteiger partial charge in [-0.25, -0.2) is 14.6 Å². The summed E-state index contributed by atoms with van der Waals surface area (Å²) in [5, 5.41) is 12.2. The lowest BCUT2D eigenvalue weighted by Crippen LogP contribution is -2.44. The van der Waals surface area contributed by atoms with Gasteiger partial charge in [0.15, 0.2) is 5.60 Å². The van der Waals surface area contributed by atoms with Crippen molar-refractivity contribution >= 4 is 28.7 Å². The van der Waals surface area contributed by atoms with Crippen molar-refractivity contribution in [2.75, 3.05) is 13.2 Å². The second-order valence-electron chi connectivity index (χ2n) is 24.8. The normalized spacial score (nSPS) is 13.8. The first-order chi connectivity index (χ1) is 47.4. The van der Waals surface area contributed by atoms with Gasteiger partial charge in [0.05, 0.1) is 64.0 Å². The molecule has 0 bridgehead atoms. The molecule has 488 valence electrons. The molecule has 6 aromatic heterocycles. The van der Waals surface area contributed by atoms with Gasteiger partial charge >= 0.3 is 11.9 Å². The van der Waals surface area contributed by atoms with Crippen LogP contribution in [0.2, 0.25) is 0 Å². The van der Waals surface area contributed by atoms with Crippen molar-refractivity contribution in [3.05, 3.63) is 313 Å². The molecule has 1 unspecified atom stereocenters. The number of benzene rings is 5. The number of esters is 2. The highest BCUT2D eigenvalue weighted by Gasteiger charge is 2.45. The first kappa shape index (κ1) is 64.8. The minimum atomic E-state index is -1.94. The molecule has 1 amide bonds. The van der Waals surface area contributed by atoms with Crippen molar-refractivity contribution in [1.29, 1.82) is 0 Å². The van der Waals surface area contributed by atoms with Gasteiger partial charge in [-0.3, -0.25) is 39.3 Å². The van der Waals surface area contributed by atoms with Crippen LogP contribution < -0.4 is 15.0 Å². The van der Waals surface area contributed by atoms with Crippen LogP contribution in [0, 0.1) is 0 Å². The van der Waals surface area contributed by atoms with Crippen molar-refractivity contribution in [3.8, 4) is 22.9 Å². The predicted molar refractivity (Wildman–Crippen MR) is 370 cm³/mol. The minimum absolute atomic E-state index is 0.0446. The molecule has 1 atom stereocenters. The fourth-order valence-corrected chi connectivity index (χ4v) is 13.2. The van der Waals surface area contributed by atoms with Gasteiger partial charge in [-0.05, 0) is 169 Å². The van der Waals surface area contributed by atoms with E-state index in [4.69, 9.17) is 39.1 Å². The Labute approximate surface area is 563 Å². The van der Waals surface area contributed by atoms with Crippen LogP contribution in [0.1, 0.15) is 127 Å². The number of hydrogen-bond acceptors (Lipinski definition) is 15. The van der Waals surface area contributed by atoms with Gasteiger partial charge in [-0.1, -0.05) is 105 Å². The van der Waals surface area contributed by atoms with Crippen molar-refractivity contribution in [1.82, 2.24) is 44.2 Å². The third-order valence-electron chi connectivity index (χ3n) is 18.1. The number of unbranched alkanes of at least 4 members (excludes halogenated alkanes) is 1.